The Morgan fingerprint density at radius 1 is 1.33 bits per heavy atom. The van der Waals surface area contributed by atoms with Crippen molar-refractivity contribution < 1.29 is 14.3 Å². The van der Waals surface area contributed by atoms with Crippen LogP contribution in [0.4, 0.5) is 5.69 Å². The van der Waals surface area contributed by atoms with Gasteiger partial charge in [-0.3, -0.25) is 4.79 Å². The van der Waals surface area contributed by atoms with E-state index in [0.717, 1.165) is 29.4 Å². The summed E-state index contributed by atoms with van der Waals surface area (Å²) in [5.41, 5.74) is 1.89. The van der Waals surface area contributed by atoms with Gasteiger partial charge in [-0.15, -0.1) is 10.2 Å². The van der Waals surface area contributed by atoms with Gasteiger partial charge >= 0.3 is 5.97 Å². The van der Waals surface area contributed by atoms with E-state index in [1.165, 1.54) is 18.9 Å². The van der Waals surface area contributed by atoms with E-state index >= 15 is 0 Å². The number of thioether (sulfide) groups is 1. The zero-order valence-corrected chi connectivity index (χ0v) is 16.8. The van der Waals surface area contributed by atoms with Crippen LogP contribution in [0.15, 0.2) is 23.4 Å². The van der Waals surface area contributed by atoms with Gasteiger partial charge in [-0.2, -0.15) is 0 Å². The van der Waals surface area contributed by atoms with Crippen molar-refractivity contribution in [3.05, 3.63) is 35.2 Å². The Hall–Kier alpha value is -2.35. The average molecular weight is 388 g/mol. The molecule has 0 radical (unpaired) electrons. The number of amides is 1. The van der Waals surface area contributed by atoms with E-state index in [0.29, 0.717) is 23.2 Å². The lowest BCUT2D eigenvalue weighted by Crippen LogP contribution is -2.16. The predicted octanol–water partition coefficient (Wildman–Crippen LogP) is 3.56. The lowest BCUT2D eigenvalue weighted by molar-refractivity contribution is -0.113. The Labute approximate surface area is 162 Å². The van der Waals surface area contributed by atoms with Crippen LogP contribution in [0.3, 0.4) is 0 Å². The molecule has 1 N–H and O–H groups in total. The Morgan fingerprint density at radius 2 is 2.07 bits per heavy atom. The van der Waals surface area contributed by atoms with Gasteiger partial charge in [0.25, 0.3) is 0 Å². The van der Waals surface area contributed by atoms with Crippen LogP contribution < -0.4 is 5.32 Å². The van der Waals surface area contributed by atoms with Crippen LogP contribution in [-0.4, -0.2) is 39.5 Å². The number of nitrogens with zero attached hydrogens (tertiary/aromatic N) is 3. The largest absolute Gasteiger partial charge is 0.465 e. The summed E-state index contributed by atoms with van der Waals surface area (Å²) in [6.07, 6.45) is 2.27. The lowest BCUT2D eigenvalue weighted by atomic mass is 10.1. The fourth-order valence-corrected chi connectivity index (χ4v) is 3.59. The van der Waals surface area contributed by atoms with Gasteiger partial charge in [0, 0.05) is 17.6 Å². The smallest absolute Gasteiger partial charge is 0.337 e. The van der Waals surface area contributed by atoms with Crippen molar-refractivity contribution >= 4 is 29.3 Å². The number of anilines is 1. The van der Waals surface area contributed by atoms with E-state index in [1.807, 2.05) is 6.92 Å². The molecule has 0 aliphatic heterocycles. The number of carbonyl (C=O) groups is 2. The summed E-state index contributed by atoms with van der Waals surface area (Å²) in [5, 5.41) is 12.2. The molecule has 0 spiro atoms. The normalized spacial score (nSPS) is 13.7. The molecule has 1 saturated carbocycles. The maximum absolute atomic E-state index is 12.4. The third-order valence-electron chi connectivity index (χ3n) is 4.38. The maximum atomic E-state index is 12.4. The first-order valence-corrected chi connectivity index (χ1v) is 9.95. The number of ether oxygens (including phenoxy) is 1. The molecule has 1 aliphatic rings. The number of esters is 1. The average Bonchev–Trinajstić information content (AvgIpc) is 3.39. The van der Waals surface area contributed by atoms with Crippen molar-refractivity contribution in [3.63, 3.8) is 0 Å². The molecule has 1 amide bonds. The van der Waals surface area contributed by atoms with Crippen LogP contribution in [0.1, 0.15) is 60.4 Å². The third-order valence-corrected chi connectivity index (χ3v) is 5.33. The van der Waals surface area contributed by atoms with Crippen molar-refractivity contribution in [2.75, 3.05) is 18.2 Å². The fourth-order valence-electron chi connectivity index (χ4n) is 2.77. The van der Waals surface area contributed by atoms with Crippen LogP contribution >= 0.6 is 11.8 Å². The van der Waals surface area contributed by atoms with Gasteiger partial charge in [0.05, 0.1) is 18.4 Å². The topological polar surface area (TPSA) is 86.1 Å². The molecule has 0 saturated heterocycles. The summed E-state index contributed by atoms with van der Waals surface area (Å²) < 4.78 is 6.90. The highest BCUT2D eigenvalue weighted by Gasteiger charge is 2.30. The number of carbonyl (C=O) groups excluding carboxylic acids is 2. The van der Waals surface area contributed by atoms with E-state index in [4.69, 9.17) is 4.74 Å². The number of methoxy groups -OCH3 is 1. The lowest BCUT2D eigenvalue weighted by Gasteiger charge is -2.12. The minimum absolute atomic E-state index is 0.151. The van der Waals surface area contributed by atoms with Crippen LogP contribution in [0.5, 0.6) is 0 Å². The molecular formula is C19H24N4O3S. The number of benzene rings is 1. The van der Waals surface area contributed by atoms with Gasteiger partial charge in [-0.05, 0) is 37.5 Å². The second-order valence-electron chi connectivity index (χ2n) is 6.95. The third kappa shape index (κ3) is 4.50. The molecule has 0 bridgehead atoms. The second kappa shape index (κ2) is 8.12. The minimum atomic E-state index is -0.432. The van der Waals surface area contributed by atoms with Gasteiger partial charge in [0.2, 0.25) is 5.91 Å². The molecule has 1 aromatic carbocycles. The number of rotatable bonds is 7. The van der Waals surface area contributed by atoms with Gasteiger partial charge in [-0.25, -0.2) is 4.79 Å². The van der Waals surface area contributed by atoms with E-state index in [2.05, 4.69) is 33.9 Å². The Morgan fingerprint density at radius 3 is 2.70 bits per heavy atom. The highest BCUT2D eigenvalue weighted by molar-refractivity contribution is 7.99. The van der Waals surface area contributed by atoms with E-state index in [9.17, 15) is 9.59 Å². The Bertz CT molecular complexity index is 859. The fraction of sp³-hybridized carbons (Fsp3) is 0.474. The molecule has 144 valence electrons. The molecule has 3 rings (SSSR count). The van der Waals surface area contributed by atoms with Crippen LogP contribution in [-0.2, 0) is 9.53 Å². The predicted molar refractivity (Wildman–Crippen MR) is 104 cm³/mol. The Kier molecular flexibility index (Phi) is 5.84. The molecule has 0 atom stereocenters. The number of aromatic nitrogens is 3. The first kappa shape index (κ1) is 19.4. The molecule has 1 aromatic heterocycles. The zero-order valence-electron chi connectivity index (χ0n) is 16.0. The van der Waals surface area contributed by atoms with Crippen LogP contribution in [0.2, 0.25) is 0 Å². The van der Waals surface area contributed by atoms with E-state index in [1.54, 1.807) is 18.2 Å². The van der Waals surface area contributed by atoms with Gasteiger partial charge in [0.1, 0.15) is 5.82 Å². The second-order valence-corrected chi connectivity index (χ2v) is 7.90. The van der Waals surface area contributed by atoms with Crippen molar-refractivity contribution in [1.82, 2.24) is 14.8 Å². The summed E-state index contributed by atoms with van der Waals surface area (Å²) in [5.74, 6) is 0.914. The molecule has 7 nitrogen and oxygen atoms in total. The van der Waals surface area contributed by atoms with Crippen LogP contribution in [0.25, 0.3) is 0 Å². The number of nitrogens with one attached hydrogen (secondary N) is 1. The summed E-state index contributed by atoms with van der Waals surface area (Å²) in [6.45, 7) is 6.07. The monoisotopic (exact) mass is 388 g/mol. The highest BCUT2D eigenvalue weighted by Crippen LogP contribution is 2.40. The van der Waals surface area contributed by atoms with E-state index < -0.39 is 5.97 Å². The summed E-state index contributed by atoms with van der Waals surface area (Å²) in [6, 6.07) is 5.56. The summed E-state index contributed by atoms with van der Waals surface area (Å²) >= 11 is 1.39. The number of hydrogen-bond donors (Lipinski definition) is 1. The molecule has 2 aromatic rings. The van der Waals surface area contributed by atoms with Crippen molar-refractivity contribution in [2.45, 2.75) is 50.7 Å². The van der Waals surface area contributed by atoms with E-state index in [-0.39, 0.29) is 11.7 Å². The molecule has 1 heterocycles. The quantitative estimate of drug-likeness (QED) is 0.576. The van der Waals surface area contributed by atoms with Crippen molar-refractivity contribution in [1.29, 1.82) is 0 Å². The molecule has 1 fully saturated rings. The van der Waals surface area contributed by atoms with Crippen molar-refractivity contribution in [2.24, 2.45) is 0 Å². The number of hydrogen-bond acceptors (Lipinski definition) is 6. The molecule has 8 heteroatoms. The zero-order chi connectivity index (χ0) is 19.6. The standard InChI is InChI=1S/C19H24N4O3S/c1-11(2)17-21-22-19(23(17)14-7-8-14)27-10-16(24)20-15-9-13(18(25)26-4)6-5-12(15)3/h5-6,9,11,14H,7-8,10H2,1-4H3,(H,20,24). The van der Waals surface area contributed by atoms with Gasteiger partial charge < -0.3 is 14.6 Å². The number of aryl methyl sites for hydroxylation is 1. The SMILES string of the molecule is COC(=O)c1ccc(C)c(NC(=O)CSc2nnc(C(C)C)n2C2CC2)c1. The first-order chi connectivity index (χ1) is 12.9. The van der Waals surface area contributed by atoms with Gasteiger partial charge in [0.15, 0.2) is 5.16 Å². The summed E-state index contributed by atoms with van der Waals surface area (Å²) in [7, 11) is 1.33. The minimum Gasteiger partial charge on any atom is -0.465 e. The molecule has 1 aliphatic carbocycles. The summed E-state index contributed by atoms with van der Waals surface area (Å²) in [4.78, 5) is 24.1. The van der Waals surface area contributed by atoms with Crippen molar-refractivity contribution in [3.8, 4) is 0 Å². The van der Waals surface area contributed by atoms with Crippen LogP contribution in [0, 0.1) is 6.92 Å². The van der Waals surface area contributed by atoms with Gasteiger partial charge in [-0.1, -0.05) is 31.7 Å². The molecule has 0 unspecified atom stereocenters. The molecular weight excluding hydrogens is 364 g/mol. The maximum Gasteiger partial charge on any atom is 0.337 e. The Balaban J connectivity index is 1.67. The molecule has 27 heavy (non-hydrogen) atoms. The highest BCUT2D eigenvalue weighted by atomic mass is 32.2. The first-order valence-electron chi connectivity index (χ1n) is 8.97.